The number of halogens is 3. The predicted octanol–water partition coefficient (Wildman–Crippen LogP) is 3.05. The molecule has 1 fully saturated rings. The maximum Gasteiger partial charge on any atom is 0.227 e. The number of anilines is 2. The highest BCUT2D eigenvalue weighted by atomic mass is 79.9. The molecule has 1 aliphatic heterocycles. The number of nitrogens with zero attached hydrogens (tertiary/aromatic N) is 3. The number of rotatable bonds is 3. The fourth-order valence-electron chi connectivity index (χ4n) is 2.95. The Morgan fingerprint density at radius 1 is 1.25 bits per heavy atom. The molecule has 2 heterocycles. The van der Waals surface area contributed by atoms with Crippen molar-refractivity contribution in [2.75, 3.05) is 30.4 Å². The van der Waals surface area contributed by atoms with E-state index in [2.05, 4.69) is 31.2 Å². The van der Waals surface area contributed by atoms with Gasteiger partial charge in [-0.3, -0.25) is 0 Å². The van der Waals surface area contributed by atoms with Crippen LogP contribution in [0.4, 0.5) is 20.5 Å². The number of hydrogen-bond donors (Lipinski definition) is 2. The van der Waals surface area contributed by atoms with Gasteiger partial charge < -0.3 is 15.3 Å². The predicted molar refractivity (Wildman–Crippen MR) is 91.0 cm³/mol. The molecule has 2 aromatic rings. The van der Waals surface area contributed by atoms with Gasteiger partial charge in [0.2, 0.25) is 5.95 Å². The molecule has 1 aromatic carbocycles. The van der Waals surface area contributed by atoms with Crippen molar-refractivity contribution in [3.63, 3.8) is 0 Å². The van der Waals surface area contributed by atoms with E-state index < -0.39 is 17.2 Å². The van der Waals surface area contributed by atoms with Gasteiger partial charge in [-0.2, -0.15) is 4.98 Å². The maximum absolute atomic E-state index is 14.0. The fourth-order valence-corrected chi connectivity index (χ4v) is 3.34. The van der Waals surface area contributed by atoms with Crippen LogP contribution in [-0.4, -0.2) is 35.2 Å². The summed E-state index contributed by atoms with van der Waals surface area (Å²) >= 11 is 3.35. The van der Waals surface area contributed by atoms with Crippen LogP contribution in [0.25, 0.3) is 0 Å². The van der Waals surface area contributed by atoms with Crippen molar-refractivity contribution < 1.29 is 13.9 Å². The van der Waals surface area contributed by atoms with Crippen LogP contribution in [0.2, 0.25) is 0 Å². The highest BCUT2D eigenvalue weighted by Crippen LogP contribution is 2.37. The van der Waals surface area contributed by atoms with Gasteiger partial charge in [-0.15, -0.1) is 0 Å². The number of benzene rings is 1. The van der Waals surface area contributed by atoms with Crippen molar-refractivity contribution >= 4 is 27.7 Å². The minimum atomic E-state index is -1.52. The molecule has 0 aliphatic carbocycles. The average molecular weight is 399 g/mol. The first-order valence-electron chi connectivity index (χ1n) is 7.57. The molecule has 24 heavy (non-hydrogen) atoms. The number of hydrogen-bond acceptors (Lipinski definition) is 5. The smallest absolute Gasteiger partial charge is 0.227 e. The van der Waals surface area contributed by atoms with Gasteiger partial charge in [0, 0.05) is 26.3 Å². The van der Waals surface area contributed by atoms with Gasteiger partial charge in [-0.25, -0.2) is 13.8 Å². The third-order valence-corrected chi connectivity index (χ3v) is 4.85. The van der Waals surface area contributed by atoms with Gasteiger partial charge in [-0.05, 0) is 40.9 Å². The molecule has 0 bridgehead atoms. The molecule has 128 valence electrons. The molecule has 0 saturated carbocycles. The molecule has 2 N–H and O–H groups in total. The van der Waals surface area contributed by atoms with Crippen LogP contribution in [0.5, 0.6) is 0 Å². The Balaban J connectivity index is 1.80. The summed E-state index contributed by atoms with van der Waals surface area (Å²) in [6.45, 7) is 0.796. The average Bonchev–Trinajstić information content (AvgIpc) is 2.56. The molecule has 0 amide bonds. The Hall–Kier alpha value is -1.80. The van der Waals surface area contributed by atoms with Gasteiger partial charge in [0.05, 0.1) is 15.6 Å². The van der Waals surface area contributed by atoms with Crippen LogP contribution in [0.1, 0.15) is 18.4 Å². The molecule has 1 saturated heterocycles. The van der Waals surface area contributed by atoms with Crippen molar-refractivity contribution in [2.45, 2.75) is 18.4 Å². The lowest BCUT2D eigenvalue weighted by atomic mass is 9.84. The van der Waals surface area contributed by atoms with E-state index in [1.165, 1.54) is 18.2 Å². The number of piperidine rings is 1. The Morgan fingerprint density at radius 3 is 2.46 bits per heavy atom. The summed E-state index contributed by atoms with van der Waals surface area (Å²) in [6.07, 6.45) is 2.03. The van der Waals surface area contributed by atoms with E-state index in [4.69, 9.17) is 0 Å². The van der Waals surface area contributed by atoms with E-state index in [0.717, 1.165) is 4.47 Å². The lowest BCUT2D eigenvalue weighted by Crippen LogP contribution is -2.44. The molecular weight excluding hydrogens is 382 g/mol. The summed E-state index contributed by atoms with van der Waals surface area (Å²) in [4.78, 5) is 10.6. The fraction of sp³-hybridized carbons (Fsp3) is 0.375. The zero-order valence-electron chi connectivity index (χ0n) is 13.1. The molecule has 5 nitrogen and oxygen atoms in total. The monoisotopic (exact) mass is 398 g/mol. The summed E-state index contributed by atoms with van der Waals surface area (Å²) in [5, 5.41) is 13.7. The van der Waals surface area contributed by atoms with E-state index in [1.807, 2.05) is 4.90 Å². The van der Waals surface area contributed by atoms with Crippen LogP contribution in [-0.2, 0) is 5.60 Å². The first-order chi connectivity index (χ1) is 11.4. The molecule has 0 unspecified atom stereocenters. The number of aromatic nitrogens is 2. The Labute approximate surface area is 146 Å². The van der Waals surface area contributed by atoms with Gasteiger partial charge >= 0.3 is 0 Å². The molecule has 0 spiro atoms. The quantitative estimate of drug-likeness (QED) is 0.831. The lowest BCUT2D eigenvalue weighted by Gasteiger charge is -2.38. The molecule has 1 aromatic heterocycles. The summed E-state index contributed by atoms with van der Waals surface area (Å²) in [5.41, 5.74) is -1.77. The maximum atomic E-state index is 14.0. The van der Waals surface area contributed by atoms with Gasteiger partial charge in [0.25, 0.3) is 0 Å². The lowest BCUT2D eigenvalue weighted by molar-refractivity contribution is 0.00481. The van der Waals surface area contributed by atoms with E-state index in [-0.39, 0.29) is 18.4 Å². The molecule has 1 aliphatic rings. The van der Waals surface area contributed by atoms with E-state index in [0.29, 0.717) is 24.9 Å². The number of nitrogens with one attached hydrogen (secondary N) is 1. The summed E-state index contributed by atoms with van der Waals surface area (Å²) in [5.74, 6) is -0.272. The largest absolute Gasteiger partial charge is 0.385 e. The minimum Gasteiger partial charge on any atom is -0.385 e. The van der Waals surface area contributed by atoms with Crippen LogP contribution < -0.4 is 10.2 Å². The van der Waals surface area contributed by atoms with Crippen LogP contribution in [0.15, 0.2) is 28.9 Å². The van der Waals surface area contributed by atoms with Gasteiger partial charge in [0.15, 0.2) is 0 Å². The van der Waals surface area contributed by atoms with Crippen molar-refractivity contribution in [1.82, 2.24) is 9.97 Å². The van der Waals surface area contributed by atoms with Crippen molar-refractivity contribution in [3.8, 4) is 0 Å². The SMILES string of the molecule is CNc1nc(N2CCC(O)(c3c(F)cccc3F)CC2)ncc1Br. The molecule has 8 heteroatoms. The van der Waals surface area contributed by atoms with Gasteiger partial charge in [0.1, 0.15) is 17.5 Å². The standard InChI is InChI=1S/C16H17BrF2N4O/c1-20-14-10(17)9-21-15(22-14)23-7-5-16(24,6-8-23)13-11(18)3-2-4-12(13)19/h2-4,9,24H,5-8H2,1H3,(H,20,21,22). The molecule has 3 rings (SSSR count). The second-order valence-corrected chi connectivity index (χ2v) is 6.59. The van der Waals surface area contributed by atoms with Gasteiger partial charge in [-0.1, -0.05) is 6.07 Å². The van der Waals surface area contributed by atoms with Crippen LogP contribution in [0.3, 0.4) is 0 Å². The van der Waals surface area contributed by atoms with Crippen molar-refractivity contribution in [2.24, 2.45) is 0 Å². The Morgan fingerprint density at radius 2 is 1.88 bits per heavy atom. The van der Waals surface area contributed by atoms with Crippen molar-refractivity contribution in [3.05, 3.63) is 46.1 Å². The summed E-state index contributed by atoms with van der Waals surface area (Å²) in [7, 11) is 1.76. The van der Waals surface area contributed by atoms with Crippen LogP contribution >= 0.6 is 15.9 Å². The highest BCUT2D eigenvalue weighted by Gasteiger charge is 2.38. The van der Waals surface area contributed by atoms with Crippen molar-refractivity contribution in [1.29, 1.82) is 0 Å². The zero-order chi connectivity index (χ0) is 17.3. The number of aliphatic hydroxyl groups is 1. The van der Waals surface area contributed by atoms with E-state index >= 15 is 0 Å². The van der Waals surface area contributed by atoms with E-state index in [1.54, 1.807) is 13.2 Å². The summed E-state index contributed by atoms with van der Waals surface area (Å²) in [6, 6.07) is 3.63. The van der Waals surface area contributed by atoms with Crippen LogP contribution in [0, 0.1) is 11.6 Å². The third-order valence-electron chi connectivity index (χ3n) is 4.27. The second-order valence-electron chi connectivity index (χ2n) is 5.73. The topological polar surface area (TPSA) is 61.3 Å². The normalized spacial score (nSPS) is 17.0. The highest BCUT2D eigenvalue weighted by molar-refractivity contribution is 9.10. The second kappa shape index (κ2) is 6.60. The summed E-state index contributed by atoms with van der Waals surface area (Å²) < 4.78 is 28.7. The molecule has 0 atom stereocenters. The first-order valence-corrected chi connectivity index (χ1v) is 8.36. The third kappa shape index (κ3) is 3.08. The Kier molecular flexibility index (Phi) is 4.69. The van der Waals surface area contributed by atoms with E-state index in [9.17, 15) is 13.9 Å². The zero-order valence-corrected chi connectivity index (χ0v) is 14.6. The Bertz CT molecular complexity index is 731. The minimum absolute atomic E-state index is 0.194. The molecule has 0 radical (unpaired) electrons. The molecular formula is C16H17BrF2N4O. The first kappa shape index (κ1) is 17.0.